The van der Waals surface area contributed by atoms with Gasteiger partial charge in [-0.2, -0.15) is 0 Å². The maximum absolute atomic E-state index is 10.4. The highest BCUT2D eigenvalue weighted by atomic mass is 32.1. The zero-order valence-electron chi connectivity index (χ0n) is 5.97. The second-order valence-electron chi connectivity index (χ2n) is 2.09. The summed E-state index contributed by atoms with van der Waals surface area (Å²) in [5, 5.41) is 0. The van der Waals surface area contributed by atoms with Gasteiger partial charge in [0.1, 0.15) is 4.32 Å². The Hall–Kier alpha value is 0.390. The van der Waals surface area contributed by atoms with Crippen molar-refractivity contribution >= 4 is 36.8 Å². The topological polar surface area (TPSA) is 60.8 Å². The second kappa shape index (κ2) is 4.42. The third-order valence-electron chi connectivity index (χ3n) is 1.05. The van der Waals surface area contributed by atoms with Crippen LogP contribution in [0.1, 0.15) is 0 Å². The van der Waals surface area contributed by atoms with Crippen LogP contribution in [-0.2, 0) is 4.57 Å². The Bertz CT molecular complexity index is 192. The summed E-state index contributed by atoms with van der Waals surface area (Å²) in [5.41, 5.74) is 0. The molecule has 66 valence electrons. The molecular weight excluding hydrogens is 205 g/mol. The molecule has 0 aromatic heterocycles. The van der Waals surface area contributed by atoms with Crippen LogP contribution in [0.3, 0.4) is 0 Å². The van der Waals surface area contributed by atoms with Crippen molar-refractivity contribution in [3.05, 3.63) is 0 Å². The Kier molecular flexibility index (Phi) is 4.58. The summed E-state index contributed by atoms with van der Waals surface area (Å²) < 4.78 is 10.7. The summed E-state index contributed by atoms with van der Waals surface area (Å²) in [5.74, 6) is 0. The fourth-order valence-electron chi connectivity index (χ4n) is 0.376. The molecule has 0 fully saturated rings. The highest BCUT2D eigenvalue weighted by molar-refractivity contribution is 8.10. The summed E-state index contributed by atoms with van der Waals surface area (Å²) in [6.07, 6.45) is -0.190. The average molecular weight is 215 g/mol. The van der Waals surface area contributed by atoms with Crippen molar-refractivity contribution in [2.75, 3.05) is 19.8 Å². The lowest BCUT2D eigenvalue weighted by Crippen LogP contribution is -2.24. The molecule has 7 heteroatoms. The van der Waals surface area contributed by atoms with E-state index in [-0.39, 0.29) is 12.7 Å². The minimum Gasteiger partial charge on any atom is -0.360 e. The van der Waals surface area contributed by atoms with Crippen molar-refractivity contribution in [1.29, 1.82) is 0 Å². The van der Waals surface area contributed by atoms with E-state index >= 15 is 0 Å². The van der Waals surface area contributed by atoms with Crippen molar-refractivity contribution < 1.29 is 14.4 Å². The lowest BCUT2D eigenvalue weighted by molar-refractivity contribution is 0.367. The number of thiocarbonyl (C=S) groups is 1. The molecule has 0 radical (unpaired) electrons. The van der Waals surface area contributed by atoms with E-state index < -0.39 is 7.60 Å². The fraction of sp³-hybridized carbons (Fsp3) is 0.750. The molecule has 0 bridgehead atoms. The molecule has 0 unspecified atom stereocenters. The van der Waals surface area contributed by atoms with Crippen LogP contribution in [0.25, 0.3) is 0 Å². The molecule has 11 heavy (non-hydrogen) atoms. The molecule has 0 saturated heterocycles. The summed E-state index contributed by atoms with van der Waals surface area (Å²) in [6.45, 7) is 0.229. The van der Waals surface area contributed by atoms with Gasteiger partial charge in [-0.05, 0) is 0 Å². The first-order chi connectivity index (χ1) is 4.83. The Balaban J connectivity index is 3.72. The highest BCUT2D eigenvalue weighted by Gasteiger charge is 2.13. The number of hydrogen-bond donors (Lipinski definition) is 3. The van der Waals surface area contributed by atoms with Gasteiger partial charge in [-0.15, -0.1) is 12.6 Å². The highest BCUT2D eigenvalue weighted by Crippen LogP contribution is 2.33. The van der Waals surface area contributed by atoms with Crippen molar-refractivity contribution in [3.63, 3.8) is 0 Å². The van der Waals surface area contributed by atoms with Crippen LogP contribution < -0.4 is 0 Å². The summed E-state index contributed by atoms with van der Waals surface area (Å²) in [7, 11) is -2.26. The van der Waals surface area contributed by atoms with Gasteiger partial charge in [0.05, 0.1) is 6.16 Å². The lowest BCUT2D eigenvalue weighted by Gasteiger charge is -2.16. The molecule has 0 aliphatic heterocycles. The largest absolute Gasteiger partial charge is 0.360 e. The predicted octanol–water partition coefficient (Wildman–Crippen LogP) is 0.311. The maximum Gasteiger partial charge on any atom is 0.327 e. The zero-order valence-corrected chi connectivity index (χ0v) is 8.57. The molecule has 0 rings (SSSR count). The fourth-order valence-corrected chi connectivity index (χ4v) is 1.13. The van der Waals surface area contributed by atoms with Gasteiger partial charge >= 0.3 is 7.60 Å². The second-order valence-corrected chi connectivity index (χ2v) is 4.98. The van der Waals surface area contributed by atoms with Gasteiger partial charge in [0, 0.05) is 13.6 Å². The van der Waals surface area contributed by atoms with Gasteiger partial charge in [0.25, 0.3) is 0 Å². The Morgan fingerprint density at radius 3 is 2.45 bits per heavy atom. The molecule has 0 amide bonds. The normalized spacial score (nSPS) is 11.3. The molecule has 0 aromatic carbocycles. The third kappa shape index (κ3) is 6.77. The molecule has 4 nitrogen and oxygen atoms in total. The van der Waals surface area contributed by atoms with Crippen molar-refractivity contribution in [2.45, 2.75) is 0 Å². The SMILES string of the molecule is CN(CCP(=O)(O)O)C(=S)S. The Morgan fingerprint density at radius 2 is 2.18 bits per heavy atom. The molecule has 0 spiro atoms. The van der Waals surface area contributed by atoms with Crippen LogP contribution in [0.2, 0.25) is 0 Å². The van der Waals surface area contributed by atoms with Gasteiger partial charge in [-0.25, -0.2) is 0 Å². The monoisotopic (exact) mass is 215 g/mol. The number of thiol groups is 1. The molecule has 2 N–H and O–H groups in total. The average Bonchev–Trinajstić information content (AvgIpc) is 1.80. The minimum absolute atomic E-state index is 0.190. The van der Waals surface area contributed by atoms with Crippen LogP contribution >= 0.6 is 32.4 Å². The van der Waals surface area contributed by atoms with E-state index in [4.69, 9.17) is 9.79 Å². The third-order valence-corrected chi connectivity index (χ3v) is 2.49. The molecule has 0 atom stereocenters. The Labute approximate surface area is 76.2 Å². The molecule has 0 aliphatic carbocycles. The van der Waals surface area contributed by atoms with Gasteiger partial charge in [0.15, 0.2) is 0 Å². The molecule has 0 aromatic rings. The van der Waals surface area contributed by atoms with Gasteiger partial charge in [-0.1, -0.05) is 12.2 Å². The van der Waals surface area contributed by atoms with E-state index in [1.165, 1.54) is 4.90 Å². The van der Waals surface area contributed by atoms with Gasteiger partial charge in [0.2, 0.25) is 0 Å². The van der Waals surface area contributed by atoms with Gasteiger partial charge < -0.3 is 14.7 Å². The summed E-state index contributed by atoms with van der Waals surface area (Å²) >= 11 is 8.47. The van der Waals surface area contributed by atoms with Gasteiger partial charge in [-0.3, -0.25) is 4.57 Å². The van der Waals surface area contributed by atoms with E-state index in [0.29, 0.717) is 4.32 Å². The van der Waals surface area contributed by atoms with Crippen LogP contribution in [0.4, 0.5) is 0 Å². The number of hydrogen-bond acceptors (Lipinski definition) is 2. The molecule has 0 heterocycles. The smallest absolute Gasteiger partial charge is 0.327 e. The van der Waals surface area contributed by atoms with Crippen LogP contribution in [0.5, 0.6) is 0 Å². The van der Waals surface area contributed by atoms with Crippen molar-refractivity contribution in [3.8, 4) is 0 Å². The van der Waals surface area contributed by atoms with E-state index in [0.717, 1.165) is 0 Å². The Morgan fingerprint density at radius 1 is 1.73 bits per heavy atom. The van der Waals surface area contributed by atoms with E-state index in [1.807, 2.05) is 0 Å². The minimum atomic E-state index is -3.89. The first-order valence-electron chi connectivity index (χ1n) is 2.81. The molecular formula is C4H10NO3PS2. The number of nitrogens with zero attached hydrogens (tertiary/aromatic N) is 1. The standard InChI is InChI=1S/C4H10NO3PS2/c1-5(4(10)11)2-3-9(6,7)8/h2-3H2,1H3,(H,10,11)(H2,6,7,8). The van der Waals surface area contributed by atoms with E-state index in [9.17, 15) is 4.57 Å². The van der Waals surface area contributed by atoms with Crippen molar-refractivity contribution in [1.82, 2.24) is 4.90 Å². The van der Waals surface area contributed by atoms with Crippen molar-refractivity contribution in [2.24, 2.45) is 0 Å². The summed E-state index contributed by atoms with van der Waals surface area (Å²) in [6, 6.07) is 0. The first-order valence-corrected chi connectivity index (χ1v) is 5.47. The van der Waals surface area contributed by atoms with E-state index in [1.54, 1.807) is 7.05 Å². The van der Waals surface area contributed by atoms with Crippen LogP contribution in [0.15, 0.2) is 0 Å². The summed E-state index contributed by atoms with van der Waals surface area (Å²) in [4.78, 5) is 18.4. The lowest BCUT2D eigenvalue weighted by atomic mass is 10.7. The molecule has 0 aliphatic rings. The molecule has 0 saturated carbocycles. The zero-order chi connectivity index (χ0) is 9.07. The van der Waals surface area contributed by atoms with E-state index in [2.05, 4.69) is 24.8 Å². The van der Waals surface area contributed by atoms with Crippen LogP contribution in [0, 0.1) is 0 Å². The maximum atomic E-state index is 10.4. The van der Waals surface area contributed by atoms with Crippen LogP contribution in [-0.4, -0.2) is 38.8 Å². The first kappa shape index (κ1) is 11.4. The number of rotatable bonds is 3. The predicted molar refractivity (Wildman–Crippen MR) is 51.1 cm³/mol. The quantitative estimate of drug-likeness (QED) is 0.359.